The summed E-state index contributed by atoms with van der Waals surface area (Å²) in [7, 11) is 0. The van der Waals surface area contributed by atoms with Crippen molar-refractivity contribution in [2.75, 3.05) is 6.54 Å². The van der Waals surface area contributed by atoms with Gasteiger partial charge in [-0.3, -0.25) is 19.3 Å². The molecule has 1 aromatic rings. The molecule has 0 saturated carbocycles. The van der Waals surface area contributed by atoms with E-state index in [2.05, 4.69) is 5.32 Å². The van der Waals surface area contributed by atoms with E-state index in [1.54, 1.807) is 24.3 Å². The Morgan fingerprint density at radius 3 is 2.32 bits per heavy atom. The number of hydrogen-bond donors (Lipinski definition) is 1. The molecule has 0 aliphatic carbocycles. The number of carbonyl (C=O) groups excluding carboxylic acids is 3. The Kier molecular flexibility index (Phi) is 4.16. The van der Waals surface area contributed by atoms with Gasteiger partial charge >= 0.3 is 0 Å². The molecule has 1 aliphatic rings. The Bertz CT molecular complexity index is 497. The predicted octanol–water partition coefficient (Wildman–Crippen LogP) is 1.11. The molecule has 1 aromatic carbocycles. The lowest BCUT2D eigenvalue weighted by Crippen LogP contribution is -2.39. The van der Waals surface area contributed by atoms with E-state index in [4.69, 9.17) is 11.6 Å². The van der Waals surface area contributed by atoms with Gasteiger partial charge in [-0.1, -0.05) is 23.7 Å². The quantitative estimate of drug-likeness (QED) is 0.840. The molecule has 0 radical (unpaired) electrons. The second-order valence-corrected chi connectivity index (χ2v) is 4.71. The molecule has 3 amide bonds. The predicted molar refractivity (Wildman–Crippen MR) is 69.3 cm³/mol. The van der Waals surface area contributed by atoms with Crippen LogP contribution >= 0.6 is 11.6 Å². The Hall–Kier alpha value is -1.88. The van der Waals surface area contributed by atoms with E-state index in [-0.39, 0.29) is 37.1 Å². The summed E-state index contributed by atoms with van der Waals surface area (Å²) in [5.74, 6) is -0.920. The number of rotatable bonds is 4. The fraction of sp³-hybridized carbons (Fsp3) is 0.308. The Balaban J connectivity index is 1.83. The SMILES string of the molecule is O=C(CN1C(=O)CCC1=O)NCc1ccc(Cl)cc1. The summed E-state index contributed by atoms with van der Waals surface area (Å²) < 4.78 is 0. The maximum atomic E-state index is 11.6. The van der Waals surface area contributed by atoms with E-state index < -0.39 is 0 Å². The molecule has 2 rings (SSSR count). The van der Waals surface area contributed by atoms with E-state index in [1.807, 2.05) is 0 Å². The topological polar surface area (TPSA) is 66.5 Å². The molecule has 1 heterocycles. The number of nitrogens with one attached hydrogen (secondary N) is 1. The number of nitrogens with zero attached hydrogens (tertiary/aromatic N) is 1. The summed E-state index contributed by atoms with van der Waals surface area (Å²) in [6.45, 7) is 0.136. The first kappa shape index (κ1) is 13.5. The number of hydrogen-bond acceptors (Lipinski definition) is 3. The summed E-state index contributed by atoms with van der Waals surface area (Å²) in [5, 5.41) is 3.29. The first-order valence-corrected chi connectivity index (χ1v) is 6.28. The first-order valence-electron chi connectivity index (χ1n) is 5.90. The van der Waals surface area contributed by atoms with Crippen LogP contribution in [0.25, 0.3) is 0 Å². The van der Waals surface area contributed by atoms with Gasteiger partial charge < -0.3 is 5.32 Å². The van der Waals surface area contributed by atoms with Gasteiger partial charge in [0.15, 0.2) is 0 Å². The molecule has 0 spiro atoms. The molecular weight excluding hydrogens is 268 g/mol. The third-order valence-electron chi connectivity index (χ3n) is 2.86. The van der Waals surface area contributed by atoms with Crippen LogP contribution in [-0.4, -0.2) is 29.2 Å². The smallest absolute Gasteiger partial charge is 0.240 e. The van der Waals surface area contributed by atoms with Crippen molar-refractivity contribution >= 4 is 29.3 Å². The van der Waals surface area contributed by atoms with E-state index in [1.165, 1.54) is 0 Å². The van der Waals surface area contributed by atoms with Gasteiger partial charge in [-0.25, -0.2) is 0 Å². The Morgan fingerprint density at radius 1 is 1.16 bits per heavy atom. The van der Waals surface area contributed by atoms with Crippen molar-refractivity contribution in [3.8, 4) is 0 Å². The van der Waals surface area contributed by atoms with Gasteiger partial charge in [0.2, 0.25) is 17.7 Å². The summed E-state index contributed by atoms with van der Waals surface area (Å²) in [4.78, 5) is 35.3. The van der Waals surface area contributed by atoms with Gasteiger partial charge in [0, 0.05) is 24.4 Å². The van der Waals surface area contributed by atoms with E-state index in [0.717, 1.165) is 10.5 Å². The molecule has 0 unspecified atom stereocenters. The van der Waals surface area contributed by atoms with Gasteiger partial charge in [0.05, 0.1) is 0 Å². The minimum absolute atomic E-state index is 0.198. The number of halogens is 1. The number of carbonyl (C=O) groups is 3. The molecular formula is C13H13ClN2O3. The highest BCUT2D eigenvalue weighted by Crippen LogP contribution is 2.11. The molecule has 6 heteroatoms. The van der Waals surface area contributed by atoms with Crippen LogP contribution in [0.5, 0.6) is 0 Å². The fourth-order valence-corrected chi connectivity index (χ4v) is 1.93. The molecule has 0 bridgehead atoms. The normalized spacial score (nSPS) is 14.9. The van der Waals surface area contributed by atoms with Crippen LogP contribution in [0.1, 0.15) is 18.4 Å². The minimum atomic E-state index is -0.349. The summed E-state index contributed by atoms with van der Waals surface area (Å²) in [6.07, 6.45) is 0.395. The molecule has 19 heavy (non-hydrogen) atoms. The van der Waals surface area contributed by atoms with Crippen molar-refractivity contribution in [3.05, 3.63) is 34.9 Å². The Labute approximate surface area is 115 Å². The second kappa shape index (κ2) is 5.84. The lowest BCUT2D eigenvalue weighted by molar-refractivity contribution is -0.142. The lowest BCUT2D eigenvalue weighted by Gasteiger charge is -2.13. The molecule has 5 nitrogen and oxygen atoms in total. The van der Waals surface area contributed by atoms with Crippen LogP contribution in [0.3, 0.4) is 0 Å². The van der Waals surface area contributed by atoms with Crippen molar-refractivity contribution in [1.29, 1.82) is 0 Å². The second-order valence-electron chi connectivity index (χ2n) is 4.28. The third-order valence-corrected chi connectivity index (χ3v) is 3.11. The van der Waals surface area contributed by atoms with Gasteiger partial charge in [0.1, 0.15) is 6.54 Å². The molecule has 0 atom stereocenters. The molecule has 1 aliphatic heterocycles. The zero-order chi connectivity index (χ0) is 13.8. The largest absolute Gasteiger partial charge is 0.350 e. The van der Waals surface area contributed by atoms with Crippen LogP contribution in [0.15, 0.2) is 24.3 Å². The van der Waals surface area contributed by atoms with Crippen LogP contribution in [0, 0.1) is 0 Å². The Morgan fingerprint density at radius 2 is 1.74 bits per heavy atom. The summed E-state index contributed by atoms with van der Waals surface area (Å²) in [6, 6.07) is 7.07. The van der Waals surface area contributed by atoms with Crippen molar-refractivity contribution in [3.63, 3.8) is 0 Å². The van der Waals surface area contributed by atoms with Crippen LogP contribution in [0.4, 0.5) is 0 Å². The zero-order valence-electron chi connectivity index (χ0n) is 10.2. The third kappa shape index (κ3) is 3.54. The summed E-state index contributed by atoms with van der Waals surface area (Å²) >= 11 is 5.75. The number of amides is 3. The van der Waals surface area contributed by atoms with Crippen molar-refractivity contribution in [2.24, 2.45) is 0 Å². The average molecular weight is 281 g/mol. The number of likely N-dealkylation sites (tertiary alicyclic amines) is 1. The van der Waals surface area contributed by atoms with E-state index in [9.17, 15) is 14.4 Å². The van der Waals surface area contributed by atoms with Crippen LogP contribution in [-0.2, 0) is 20.9 Å². The number of benzene rings is 1. The fourth-order valence-electron chi connectivity index (χ4n) is 1.80. The summed E-state index contributed by atoms with van der Waals surface area (Å²) in [5.41, 5.74) is 0.900. The maximum Gasteiger partial charge on any atom is 0.240 e. The lowest BCUT2D eigenvalue weighted by atomic mass is 10.2. The zero-order valence-corrected chi connectivity index (χ0v) is 10.9. The van der Waals surface area contributed by atoms with Gasteiger partial charge in [-0.05, 0) is 17.7 Å². The minimum Gasteiger partial charge on any atom is -0.350 e. The highest BCUT2D eigenvalue weighted by Gasteiger charge is 2.30. The van der Waals surface area contributed by atoms with Gasteiger partial charge in [0.25, 0.3) is 0 Å². The highest BCUT2D eigenvalue weighted by atomic mass is 35.5. The monoisotopic (exact) mass is 280 g/mol. The van der Waals surface area contributed by atoms with Crippen molar-refractivity contribution in [1.82, 2.24) is 10.2 Å². The van der Waals surface area contributed by atoms with E-state index >= 15 is 0 Å². The van der Waals surface area contributed by atoms with Gasteiger partial charge in [-0.15, -0.1) is 0 Å². The maximum absolute atomic E-state index is 11.6. The van der Waals surface area contributed by atoms with Crippen LogP contribution < -0.4 is 5.32 Å². The van der Waals surface area contributed by atoms with Crippen molar-refractivity contribution in [2.45, 2.75) is 19.4 Å². The molecule has 1 fully saturated rings. The standard InChI is InChI=1S/C13H13ClN2O3/c14-10-3-1-9(2-4-10)7-15-11(17)8-16-12(18)5-6-13(16)19/h1-4H,5-8H2,(H,15,17). The molecule has 100 valence electrons. The van der Waals surface area contributed by atoms with Crippen molar-refractivity contribution < 1.29 is 14.4 Å². The van der Waals surface area contributed by atoms with Crippen LogP contribution in [0.2, 0.25) is 5.02 Å². The molecule has 1 saturated heterocycles. The van der Waals surface area contributed by atoms with Gasteiger partial charge in [-0.2, -0.15) is 0 Å². The van der Waals surface area contributed by atoms with E-state index in [0.29, 0.717) is 11.6 Å². The number of imide groups is 1. The molecule has 0 aromatic heterocycles. The molecule has 1 N–H and O–H groups in total. The highest BCUT2D eigenvalue weighted by molar-refractivity contribution is 6.30. The first-order chi connectivity index (χ1) is 9.06. The average Bonchev–Trinajstić information content (AvgIpc) is 2.70.